The molecule has 1 saturated heterocycles. The highest BCUT2D eigenvalue weighted by molar-refractivity contribution is 6.31. The molecule has 7 heteroatoms. The van der Waals surface area contributed by atoms with E-state index in [1.54, 1.807) is 24.4 Å². The Kier molecular flexibility index (Phi) is 7.11. The molecule has 0 spiro atoms. The van der Waals surface area contributed by atoms with Gasteiger partial charge in [0.15, 0.2) is 0 Å². The number of nitriles is 1. The summed E-state index contributed by atoms with van der Waals surface area (Å²) < 4.78 is 5.20. The molecule has 1 fully saturated rings. The van der Waals surface area contributed by atoms with Crippen LogP contribution in [0.25, 0.3) is 0 Å². The van der Waals surface area contributed by atoms with Gasteiger partial charge < -0.3 is 20.1 Å². The fourth-order valence-corrected chi connectivity index (χ4v) is 3.10. The number of anilines is 1. The van der Waals surface area contributed by atoms with Crippen molar-refractivity contribution in [1.82, 2.24) is 4.90 Å². The number of hydrogen-bond donors (Lipinski definition) is 2. The minimum Gasteiger partial charge on any atom is -0.495 e. The maximum atomic E-state index is 12.5. The molecule has 1 heterocycles. The molecule has 1 aromatic rings. The number of amides is 1. The SMILES string of the molecule is COc1ccc(Cl)cc1NC(=O)/C(C#N)=C\N1CCCCC1CCO. The van der Waals surface area contributed by atoms with Crippen molar-refractivity contribution in [3.63, 3.8) is 0 Å². The van der Waals surface area contributed by atoms with Crippen molar-refractivity contribution >= 4 is 23.2 Å². The number of nitrogens with one attached hydrogen (secondary N) is 1. The van der Waals surface area contributed by atoms with Crippen LogP contribution in [-0.2, 0) is 4.79 Å². The average Bonchev–Trinajstić information content (AvgIpc) is 2.61. The summed E-state index contributed by atoms with van der Waals surface area (Å²) in [5.41, 5.74) is 0.415. The number of nitrogens with zero attached hydrogens (tertiary/aromatic N) is 2. The average molecular weight is 364 g/mol. The van der Waals surface area contributed by atoms with E-state index < -0.39 is 5.91 Å². The first-order chi connectivity index (χ1) is 12.1. The number of likely N-dealkylation sites (tertiary alicyclic amines) is 1. The highest BCUT2D eigenvalue weighted by Crippen LogP contribution is 2.28. The van der Waals surface area contributed by atoms with Crippen LogP contribution in [0.15, 0.2) is 30.0 Å². The van der Waals surface area contributed by atoms with Crippen molar-refractivity contribution in [2.75, 3.05) is 25.6 Å². The zero-order valence-electron chi connectivity index (χ0n) is 14.2. The second-order valence-corrected chi connectivity index (χ2v) is 6.29. The number of halogens is 1. The van der Waals surface area contributed by atoms with Crippen LogP contribution in [0, 0.1) is 11.3 Å². The highest BCUT2D eigenvalue weighted by Gasteiger charge is 2.22. The molecule has 2 N–H and O–H groups in total. The van der Waals surface area contributed by atoms with Crippen LogP contribution in [-0.4, -0.2) is 42.2 Å². The molecule has 0 radical (unpaired) electrons. The number of ether oxygens (including phenoxy) is 1. The van der Waals surface area contributed by atoms with Gasteiger partial charge in [-0.2, -0.15) is 5.26 Å². The Morgan fingerprint density at radius 2 is 2.36 bits per heavy atom. The Morgan fingerprint density at radius 3 is 3.04 bits per heavy atom. The summed E-state index contributed by atoms with van der Waals surface area (Å²) in [5, 5.41) is 21.7. The molecular formula is C18H22ClN3O3. The van der Waals surface area contributed by atoms with Gasteiger partial charge in [-0.15, -0.1) is 0 Å². The minimum atomic E-state index is -0.517. The molecule has 1 amide bonds. The van der Waals surface area contributed by atoms with Gasteiger partial charge in [0, 0.05) is 30.4 Å². The van der Waals surface area contributed by atoms with Gasteiger partial charge in [0.05, 0.1) is 12.8 Å². The molecule has 1 atom stereocenters. The number of hydrogen-bond acceptors (Lipinski definition) is 5. The van der Waals surface area contributed by atoms with E-state index in [9.17, 15) is 15.2 Å². The predicted octanol–water partition coefficient (Wildman–Crippen LogP) is 2.93. The maximum absolute atomic E-state index is 12.5. The molecule has 0 saturated carbocycles. The zero-order chi connectivity index (χ0) is 18.2. The van der Waals surface area contributed by atoms with E-state index in [0.29, 0.717) is 22.9 Å². The second kappa shape index (κ2) is 9.30. The van der Waals surface area contributed by atoms with Gasteiger partial charge in [0.2, 0.25) is 0 Å². The van der Waals surface area contributed by atoms with E-state index in [1.165, 1.54) is 7.11 Å². The summed E-state index contributed by atoms with van der Waals surface area (Å²) in [6.07, 6.45) is 5.24. The molecular weight excluding hydrogens is 342 g/mol. The quantitative estimate of drug-likeness (QED) is 0.599. The lowest BCUT2D eigenvalue weighted by Crippen LogP contribution is -2.37. The molecule has 6 nitrogen and oxygen atoms in total. The Bertz CT molecular complexity index is 683. The Morgan fingerprint density at radius 1 is 1.56 bits per heavy atom. The number of aliphatic hydroxyl groups excluding tert-OH is 1. The van der Waals surface area contributed by atoms with Gasteiger partial charge in [-0.25, -0.2) is 0 Å². The zero-order valence-corrected chi connectivity index (χ0v) is 14.9. The number of benzene rings is 1. The fraction of sp³-hybridized carbons (Fsp3) is 0.444. The van der Waals surface area contributed by atoms with E-state index in [4.69, 9.17) is 16.3 Å². The van der Waals surface area contributed by atoms with Gasteiger partial charge in [0.1, 0.15) is 17.4 Å². The minimum absolute atomic E-state index is 0.00636. The number of aliphatic hydroxyl groups is 1. The van der Waals surface area contributed by atoms with Gasteiger partial charge in [-0.3, -0.25) is 4.79 Å². The van der Waals surface area contributed by atoms with Crippen molar-refractivity contribution in [2.45, 2.75) is 31.7 Å². The second-order valence-electron chi connectivity index (χ2n) is 5.85. The summed E-state index contributed by atoms with van der Waals surface area (Å²) in [7, 11) is 1.49. The van der Waals surface area contributed by atoms with E-state index in [2.05, 4.69) is 5.32 Å². The molecule has 1 aliphatic rings. The Hall–Kier alpha value is -2.23. The number of carbonyl (C=O) groups is 1. The Balaban J connectivity index is 2.18. The smallest absolute Gasteiger partial charge is 0.267 e. The third-order valence-corrected chi connectivity index (χ3v) is 4.44. The first-order valence-electron chi connectivity index (χ1n) is 8.22. The summed E-state index contributed by atoms with van der Waals surface area (Å²) in [5.74, 6) is -0.0532. The summed E-state index contributed by atoms with van der Waals surface area (Å²) in [4.78, 5) is 14.5. The van der Waals surface area contributed by atoms with E-state index in [-0.39, 0.29) is 18.2 Å². The first kappa shape index (κ1) is 19.1. The van der Waals surface area contributed by atoms with Crippen molar-refractivity contribution in [1.29, 1.82) is 5.26 Å². The highest BCUT2D eigenvalue weighted by atomic mass is 35.5. The topological polar surface area (TPSA) is 85.6 Å². The summed E-state index contributed by atoms with van der Waals surface area (Å²) in [6.45, 7) is 0.854. The molecule has 1 aromatic carbocycles. The van der Waals surface area contributed by atoms with Crippen molar-refractivity contribution in [3.05, 3.63) is 35.0 Å². The lowest BCUT2D eigenvalue weighted by Gasteiger charge is -2.34. The predicted molar refractivity (Wildman–Crippen MR) is 96.4 cm³/mol. The van der Waals surface area contributed by atoms with Gasteiger partial charge in [-0.1, -0.05) is 11.6 Å². The van der Waals surface area contributed by atoms with Gasteiger partial charge >= 0.3 is 0 Å². The summed E-state index contributed by atoms with van der Waals surface area (Å²) >= 11 is 5.96. The van der Waals surface area contributed by atoms with Crippen molar-refractivity contribution in [3.8, 4) is 11.8 Å². The lowest BCUT2D eigenvalue weighted by molar-refractivity contribution is -0.112. The van der Waals surface area contributed by atoms with Gasteiger partial charge in [-0.05, 0) is 43.9 Å². The van der Waals surface area contributed by atoms with E-state index in [1.807, 2.05) is 11.0 Å². The monoisotopic (exact) mass is 363 g/mol. The number of piperidine rings is 1. The molecule has 0 bridgehead atoms. The van der Waals surface area contributed by atoms with Crippen LogP contribution in [0.3, 0.4) is 0 Å². The molecule has 1 unspecified atom stereocenters. The number of methoxy groups -OCH3 is 1. The Labute approximate surface area is 152 Å². The largest absolute Gasteiger partial charge is 0.495 e. The standard InChI is InChI=1S/C18H22ClN3O3/c1-25-17-6-5-14(19)10-16(17)21-18(24)13(11-20)12-22-8-3-2-4-15(22)7-9-23/h5-6,10,12,15,23H,2-4,7-9H2,1H3,(H,21,24)/b13-12-. The van der Waals surface area contributed by atoms with Crippen molar-refractivity contribution < 1.29 is 14.6 Å². The van der Waals surface area contributed by atoms with E-state index >= 15 is 0 Å². The van der Waals surface area contributed by atoms with Crippen LogP contribution < -0.4 is 10.1 Å². The molecule has 0 aliphatic carbocycles. The van der Waals surface area contributed by atoms with Crippen LogP contribution in [0.1, 0.15) is 25.7 Å². The molecule has 1 aliphatic heterocycles. The van der Waals surface area contributed by atoms with Gasteiger partial charge in [0.25, 0.3) is 5.91 Å². The first-order valence-corrected chi connectivity index (χ1v) is 8.60. The maximum Gasteiger partial charge on any atom is 0.267 e. The number of rotatable bonds is 6. The lowest BCUT2D eigenvalue weighted by atomic mass is 10.00. The third-order valence-electron chi connectivity index (χ3n) is 4.20. The van der Waals surface area contributed by atoms with Crippen LogP contribution in [0.4, 0.5) is 5.69 Å². The molecule has 25 heavy (non-hydrogen) atoms. The molecule has 2 rings (SSSR count). The third kappa shape index (κ3) is 5.12. The van der Waals surface area contributed by atoms with Crippen LogP contribution in [0.2, 0.25) is 5.02 Å². The van der Waals surface area contributed by atoms with Crippen molar-refractivity contribution in [2.24, 2.45) is 0 Å². The van der Waals surface area contributed by atoms with Crippen LogP contribution >= 0.6 is 11.6 Å². The molecule has 0 aromatic heterocycles. The van der Waals surface area contributed by atoms with Crippen LogP contribution in [0.5, 0.6) is 5.75 Å². The normalized spacial score (nSPS) is 17.8. The summed E-state index contributed by atoms with van der Waals surface area (Å²) in [6, 6.07) is 6.98. The number of carbonyl (C=O) groups excluding carboxylic acids is 1. The van der Waals surface area contributed by atoms with E-state index in [0.717, 1.165) is 25.8 Å². The fourth-order valence-electron chi connectivity index (χ4n) is 2.92. The molecule has 134 valence electrons.